The van der Waals surface area contributed by atoms with E-state index in [2.05, 4.69) is 102 Å². The predicted molar refractivity (Wildman–Crippen MR) is 223 cm³/mol. The van der Waals surface area contributed by atoms with Crippen LogP contribution in [0.15, 0.2) is 179 Å². The molecule has 256 valence electrons. The Morgan fingerprint density at radius 1 is 0.345 bits per heavy atom. The summed E-state index contributed by atoms with van der Waals surface area (Å²) in [5.74, 6) is 1.85. The van der Waals surface area contributed by atoms with Gasteiger partial charge in [-0.1, -0.05) is 121 Å². The van der Waals surface area contributed by atoms with Gasteiger partial charge in [-0.3, -0.25) is 0 Å². The minimum Gasteiger partial charge on any atom is -0.456 e. The lowest BCUT2D eigenvalue weighted by atomic mass is 9.99. The Labute approximate surface area is 313 Å². The van der Waals surface area contributed by atoms with Gasteiger partial charge in [0.15, 0.2) is 17.5 Å². The molecule has 0 amide bonds. The zero-order valence-electron chi connectivity index (χ0n) is 29.3. The second-order valence-electron chi connectivity index (χ2n) is 14.0. The zero-order chi connectivity index (χ0) is 36.0. The van der Waals surface area contributed by atoms with Crippen LogP contribution in [-0.2, 0) is 0 Å². The topological polar surface area (TPSA) is 69.9 Å². The maximum atomic E-state index is 6.70. The third-order valence-electron chi connectivity index (χ3n) is 10.8. The Hall–Kier alpha value is -7.57. The highest BCUT2D eigenvalue weighted by Crippen LogP contribution is 2.42. The number of rotatable bonds is 4. The van der Waals surface area contributed by atoms with E-state index in [1.54, 1.807) is 0 Å². The molecule has 55 heavy (non-hydrogen) atoms. The number of nitrogens with zero attached hydrogens (tertiary/aromatic N) is 4. The van der Waals surface area contributed by atoms with Crippen LogP contribution in [-0.4, -0.2) is 19.5 Å². The first-order valence-electron chi connectivity index (χ1n) is 18.4. The van der Waals surface area contributed by atoms with Gasteiger partial charge in [0, 0.05) is 66.1 Å². The molecule has 6 nitrogen and oxygen atoms in total. The van der Waals surface area contributed by atoms with E-state index in [1.165, 1.54) is 10.8 Å². The Kier molecular flexibility index (Phi) is 6.24. The lowest BCUT2D eigenvalue weighted by Crippen LogP contribution is -2.00. The summed E-state index contributed by atoms with van der Waals surface area (Å²) in [6.07, 6.45) is 0. The molecule has 0 spiro atoms. The van der Waals surface area contributed by atoms with Crippen LogP contribution in [0.3, 0.4) is 0 Å². The SMILES string of the molecule is c1ccc(-c2nc(-c3ccccc3)nc(-c3cc4c5cc(-n6c7ccccc7c7cc8c(cc76)oc6ccccc68)ccc5oc4c4ccccc34)n2)cc1. The molecule has 4 aromatic heterocycles. The summed E-state index contributed by atoms with van der Waals surface area (Å²) >= 11 is 0. The molecule has 0 bridgehead atoms. The standard InChI is InChI=1S/C49H28N4O2/c1-3-13-29(14-4-1)47-50-48(30-15-5-2-6-16-30)52-49(51-47)40-27-39-37-25-31(23-24-44(37)55-46(39)35-20-8-7-17-32(35)40)53-41-21-11-9-18-33(41)36-26-38-34-19-10-12-22-43(34)54-45(38)28-42(36)53/h1-28H. The van der Waals surface area contributed by atoms with Crippen LogP contribution in [0.4, 0.5) is 0 Å². The number of hydrogen-bond donors (Lipinski definition) is 0. The summed E-state index contributed by atoms with van der Waals surface area (Å²) in [6.45, 7) is 0. The fraction of sp³-hybridized carbons (Fsp3) is 0. The van der Waals surface area contributed by atoms with Crippen LogP contribution < -0.4 is 0 Å². The molecule has 0 aliphatic rings. The Morgan fingerprint density at radius 2 is 0.945 bits per heavy atom. The van der Waals surface area contributed by atoms with E-state index < -0.39 is 0 Å². The molecule has 0 saturated carbocycles. The molecule has 12 aromatic rings. The number of benzene rings is 8. The summed E-state index contributed by atoms with van der Waals surface area (Å²) in [5.41, 5.74) is 9.41. The first-order chi connectivity index (χ1) is 27.2. The zero-order valence-corrected chi connectivity index (χ0v) is 29.3. The Bertz CT molecular complexity index is 3430. The number of aromatic nitrogens is 4. The molecule has 0 atom stereocenters. The highest BCUT2D eigenvalue weighted by atomic mass is 16.3. The molecule has 4 heterocycles. The molecule has 0 fully saturated rings. The van der Waals surface area contributed by atoms with Crippen LogP contribution in [0.25, 0.3) is 116 Å². The van der Waals surface area contributed by atoms with Crippen molar-refractivity contribution in [2.75, 3.05) is 0 Å². The maximum absolute atomic E-state index is 6.70. The molecular formula is C49H28N4O2. The quantitative estimate of drug-likeness (QED) is 0.182. The average Bonchev–Trinajstić information content (AvgIpc) is 3.92. The summed E-state index contributed by atoms with van der Waals surface area (Å²) in [5, 5.41) is 8.62. The summed E-state index contributed by atoms with van der Waals surface area (Å²) in [7, 11) is 0. The van der Waals surface area contributed by atoms with Crippen molar-refractivity contribution in [3.8, 4) is 39.9 Å². The van der Waals surface area contributed by atoms with Crippen molar-refractivity contribution in [2.45, 2.75) is 0 Å². The summed E-state index contributed by atoms with van der Waals surface area (Å²) in [6, 6.07) is 58.5. The van der Waals surface area contributed by atoms with E-state index in [4.69, 9.17) is 23.8 Å². The van der Waals surface area contributed by atoms with Crippen LogP contribution in [0.5, 0.6) is 0 Å². The second kappa shape index (κ2) is 11.5. The number of furan rings is 2. The maximum Gasteiger partial charge on any atom is 0.164 e. The van der Waals surface area contributed by atoms with Crippen molar-refractivity contribution in [2.24, 2.45) is 0 Å². The number of para-hydroxylation sites is 2. The first-order valence-corrected chi connectivity index (χ1v) is 18.4. The third kappa shape index (κ3) is 4.52. The predicted octanol–water partition coefficient (Wildman–Crippen LogP) is 12.9. The molecule has 8 aromatic carbocycles. The normalized spacial score (nSPS) is 12.0. The Morgan fingerprint density at radius 3 is 1.71 bits per heavy atom. The van der Waals surface area contributed by atoms with E-state index in [0.29, 0.717) is 17.5 Å². The van der Waals surface area contributed by atoms with Gasteiger partial charge in [-0.15, -0.1) is 0 Å². The van der Waals surface area contributed by atoms with Gasteiger partial charge in [-0.05, 0) is 47.9 Å². The van der Waals surface area contributed by atoms with Gasteiger partial charge in [-0.2, -0.15) is 0 Å². The van der Waals surface area contributed by atoms with Gasteiger partial charge in [0.05, 0.1) is 11.0 Å². The third-order valence-corrected chi connectivity index (χ3v) is 10.8. The van der Waals surface area contributed by atoms with Gasteiger partial charge >= 0.3 is 0 Å². The minimum absolute atomic E-state index is 0.605. The summed E-state index contributed by atoms with van der Waals surface area (Å²) in [4.78, 5) is 15.2. The minimum atomic E-state index is 0.605. The molecule has 12 rings (SSSR count). The van der Waals surface area contributed by atoms with Gasteiger partial charge in [0.25, 0.3) is 0 Å². The summed E-state index contributed by atoms with van der Waals surface area (Å²) < 4.78 is 15.4. The second-order valence-corrected chi connectivity index (χ2v) is 14.0. The highest BCUT2D eigenvalue weighted by molar-refractivity contribution is 6.20. The average molecular weight is 705 g/mol. The van der Waals surface area contributed by atoms with E-state index in [9.17, 15) is 0 Å². The molecule has 0 N–H and O–H groups in total. The number of fused-ring (bicyclic) bond motifs is 11. The fourth-order valence-corrected chi connectivity index (χ4v) is 8.30. The molecule has 0 aliphatic carbocycles. The lowest BCUT2D eigenvalue weighted by molar-refractivity contribution is 0.669. The lowest BCUT2D eigenvalue weighted by Gasteiger charge is -2.11. The van der Waals surface area contributed by atoms with Gasteiger partial charge < -0.3 is 13.4 Å². The first kappa shape index (κ1) is 29.9. The van der Waals surface area contributed by atoms with Crippen LogP contribution in [0.1, 0.15) is 0 Å². The van der Waals surface area contributed by atoms with Crippen molar-refractivity contribution in [3.63, 3.8) is 0 Å². The van der Waals surface area contributed by atoms with Crippen LogP contribution in [0.2, 0.25) is 0 Å². The van der Waals surface area contributed by atoms with Gasteiger partial charge in [-0.25, -0.2) is 15.0 Å². The highest BCUT2D eigenvalue weighted by Gasteiger charge is 2.21. The molecular weight excluding hydrogens is 677 g/mol. The molecule has 0 unspecified atom stereocenters. The van der Waals surface area contributed by atoms with E-state index in [-0.39, 0.29) is 0 Å². The Balaban J connectivity index is 1.12. The van der Waals surface area contributed by atoms with Crippen molar-refractivity contribution in [1.82, 2.24) is 19.5 Å². The number of hydrogen-bond acceptors (Lipinski definition) is 5. The monoisotopic (exact) mass is 704 g/mol. The van der Waals surface area contributed by atoms with Crippen LogP contribution in [0, 0.1) is 0 Å². The fourth-order valence-electron chi connectivity index (χ4n) is 8.30. The molecule has 0 saturated heterocycles. The molecule has 0 aliphatic heterocycles. The van der Waals surface area contributed by atoms with E-state index in [1.807, 2.05) is 72.8 Å². The van der Waals surface area contributed by atoms with Crippen LogP contribution >= 0.6 is 0 Å². The van der Waals surface area contributed by atoms with Crippen molar-refractivity contribution >= 4 is 76.5 Å². The smallest absolute Gasteiger partial charge is 0.164 e. The van der Waals surface area contributed by atoms with Crippen molar-refractivity contribution < 1.29 is 8.83 Å². The van der Waals surface area contributed by atoms with Crippen molar-refractivity contribution in [1.29, 1.82) is 0 Å². The largest absolute Gasteiger partial charge is 0.456 e. The molecule has 6 heteroatoms. The van der Waals surface area contributed by atoms with E-state index >= 15 is 0 Å². The van der Waals surface area contributed by atoms with Crippen molar-refractivity contribution in [3.05, 3.63) is 170 Å². The van der Waals surface area contributed by atoms with E-state index in [0.717, 1.165) is 88.1 Å². The van der Waals surface area contributed by atoms with Gasteiger partial charge in [0.2, 0.25) is 0 Å². The van der Waals surface area contributed by atoms with Gasteiger partial charge in [0.1, 0.15) is 22.3 Å². The molecule has 0 radical (unpaired) electrons.